The van der Waals surface area contributed by atoms with Gasteiger partial charge in [-0.15, -0.1) is 11.3 Å². The summed E-state index contributed by atoms with van der Waals surface area (Å²) in [6.45, 7) is 4.30. The van der Waals surface area contributed by atoms with E-state index in [0.29, 0.717) is 18.4 Å². The summed E-state index contributed by atoms with van der Waals surface area (Å²) in [5, 5.41) is 11.0. The van der Waals surface area contributed by atoms with E-state index in [4.69, 9.17) is 5.11 Å². The summed E-state index contributed by atoms with van der Waals surface area (Å²) in [5.41, 5.74) is 0. The van der Waals surface area contributed by atoms with E-state index in [9.17, 15) is 4.79 Å². The van der Waals surface area contributed by atoms with Crippen LogP contribution in [0.3, 0.4) is 0 Å². The van der Waals surface area contributed by atoms with Crippen LogP contribution >= 0.6 is 11.3 Å². The number of carboxylic acids is 1. The van der Waals surface area contributed by atoms with Crippen molar-refractivity contribution in [3.05, 3.63) is 22.4 Å². The normalized spacial score (nSPS) is 19.8. The first-order valence-electron chi connectivity index (χ1n) is 6.70. The van der Waals surface area contributed by atoms with Crippen molar-refractivity contribution in [1.29, 1.82) is 0 Å². The number of hydrogen-bond acceptors (Lipinski definition) is 3. The molecule has 0 radical (unpaired) electrons. The standard InChI is InChI=1S/C14H21NO2S/c1-2-12(13-4-3-9-18-13)15-7-5-11(6-8-15)10-14(16)17/h3-4,9,11-12H,2,5-8,10H2,1H3,(H,16,17). The lowest BCUT2D eigenvalue weighted by molar-refractivity contribution is -0.138. The van der Waals surface area contributed by atoms with Gasteiger partial charge in [-0.25, -0.2) is 0 Å². The molecule has 1 aliphatic rings. The minimum absolute atomic E-state index is 0.337. The molecule has 1 N–H and O–H groups in total. The largest absolute Gasteiger partial charge is 0.481 e. The van der Waals surface area contributed by atoms with Gasteiger partial charge in [0, 0.05) is 17.3 Å². The van der Waals surface area contributed by atoms with Crippen molar-refractivity contribution in [2.24, 2.45) is 5.92 Å². The minimum atomic E-state index is -0.654. The van der Waals surface area contributed by atoms with Crippen LogP contribution in [0.4, 0.5) is 0 Å². The molecule has 0 spiro atoms. The fourth-order valence-corrected chi connectivity index (χ4v) is 3.78. The van der Waals surface area contributed by atoms with Crippen molar-refractivity contribution in [3.63, 3.8) is 0 Å². The quantitative estimate of drug-likeness (QED) is 0.889. The van der Waals surface area contributed by atoms with Gasteiger partial charge in [0.25, 0.3) is 0 Å². The molecule has 2 heterocycles. The van der Waals surface area contributed by atoms with Gasteiger partial charge in [0.2, 0.25) is 0 Å². The molecule has 1 fully saturated rings. The molecule has 1 saturated heterocycles. The molecule has 1 unspecified atom stereocenters. The third-order valence-corrected chi connectivity index (χ3v) is 4.79. The number of likely N-dealkylation sites (tertiary alicyclic amines) is 1. The molecule has 18 heavy (non-hydrogen) atoms. The SMILES string of the molecule is CCC(c1cccs1)N1CCC(CC(=O)O)CC1. The number of rotatable bonds is 5. The summed E-state index contributed by atoms with van der Waals surface area (Å²) in [6.07, 6.45) is 3.51. The van der Waals surface area contributed by atoms with Gasteiger partial charge >= 0.3 is 5.97 Å². The number of carboxylic acid groups (broad SMARTS) is 1. The van der Waals surface area contributed by atoms with Crippen molar-refractivity contribution in [2.75, 3.05) is 13.1 Å². The molecule has 0 saturated carbocycles. The average Bonchev–Trinajstić information content (AvgIpc) is 2.85. The number of aliphatic carboxylic acids is 1. The van der Waals surface area contributed by atoms with E-state index in [1.807, 2.05) is 11.3 Å². The van der Waals surface area contributed by atoms with Crippen LogP contribution in [0.5, 0.6) is 0 Å². The number of piperidine rings is 1. The van der Waals surface area contributed by atoms with Crippen molar-refractivity contribution in [1.82, 2.24) is 4.90 Å². The third kappa shape index (κ3) is 3.33. The topological polar surface area (TPSA) is 40.5 Å². The van der Waals surface area contributed by atoms with Gasteiger partial charge in [0.15, 0.2) is 0 Å². The van der Waals surface area contributed by atoms with Crippen LogP contribution in [0.2, 0.25) is 0 Å². The summed E-state index contributed by atoms with van der Waals surface area (Å²) in [7, 11) is 0. The van der Waals surface area contributed by atoms with Gasteiger partial charge in [-0.05, 0) is 49.7 Å². The molecule has 1 aromatic rings. The average molecular weight is 267 g/mol. The Morgan fingerprint density at radius 2 is 2.28 bits per heavy atom. The van der Waals surface area contributed by atoms with E-state index in [-0.39, 0.29) is 0 Å². The molecule has 1 aromatic heterocycles. The van der Waals surface area contributed by atoms with E-state index in [1.54, 1.807) is 0 Å². The molecule has 1 aliphatic heterocycles. The maximum Gasteiger partial charge on any atom is 0.303 e. The first-order valence-corrected chi connectivity index (χ1v) is 7.58. The lowest BCUT2D eigenvalue weighted by atomic mass is 9.92. The Labute approximate surface area is 112 Å². The molecule has 4 heteroatoms. The molecule has 0 aromatic carbocycles. The predicted octanol–water partition coefficient (Wildman–Crippen LogP) is 3.39. The minimum Gasteiger partial charge on any atom is -0.481 e. The van der Waals surface area contributed by atoms with Crippen LogP contribution in [-0.2, 0) is 4.79 Å². The maximum atomic E-state index is 10.7. The number of thiophene rings is 1. The van der Waals surface area contributed by atoms with Gasteiger partial charge in [-0.2, -0.15) is 0 Å². The fraction of sp³-hybridized carbons (Fsp3) is 0.643. The van der Waals surface area contributed by atoms with E-state index in [2.05, 4.69) is 29.3 Å². The van der Waals surface area contributed by atoms with Crippen LogP contribution in [0.15, 0.2) is 17.5 Å². The Morgan fingerprint density at radius 1 is 1.56 bits per heavy atom. The second kappa shape index (κ2) is 6.34. The summed E-state index contributed by atoms with van der Waals surface area (Å²) >= 11 is 1.82. The Morgan fingerprint density at radius 3 is 2.78 bits per heavy atom. The number of hydrogen-bond donors (Lipinski definition) is 1. The Bertz CT molecular complexity index is 369. The second-order valence-corrected chi connectivity index (χ2v) is 6.00. The zero-order valence-corrected chi connectivity index (χ0v) is 11.7. The second-order valence-electron chi connectivity index (χ2n) is 5.02. The van der Waals surface area contributed by atoms with E-state index >= 15 is 0 Å². The van der Waals surface area contributed by atoms with Crippen molar-refractivity contribution >= 4 is 17.3 Å². The highest BCUT2D eigenvalue weighted by Gasteiger charge is 2.26. The Kier molecular flexibility index (Phi) is 4.78. The van der Waals surface area contributed by atoms with Crippen molar-refractivity contribution < 1.29 is 9.90 Å². The highest BCUT2D eigenvalue weighted by molar-refractivity contribution is 7.10. The van der Waals surface area contributed by atoms with Crippen molar-refractivity contribution in [3.8, 4) is 0 Å². The monoisotopic (exact) mass is 267 g/mol. The summed E-state index contributed by atoms with van der Waals surface area (Å²) in [6, 6.07) is 4.85. The first kappa shape index (κ1) is 13.6. The summed E-state index contributed by atoms with van der Waals surface area (Å²) in [5.74, 6) is -0.279. The molecule has 3 nitrogen and oxygen atoms in total. The molecule has 2 rings (SSSR count). The fourth-order valence-electron chi connectivity index (χ4n) is 2.84. The van der Waals surface area contributed by atoms with Gasteiger partial charge in [0.05, 0.1) is 0 Å². The summed E-state index contributed by atoms with van der Waals surface area (Å²) in [4.78, 5) is 14.7. The molecule has 1 atom stereocenters. The highest BCUT2D eigenvalue weighted by atomic mass is 32.1. The lowest BCUT2D eigenvalue weighted by Crippen LogP contribution is -2.36. The van der Waals surface area contributed by atoms with Crippen LogP contribution < -0.4 is 0 Å². The summed E-state index contributed by atoms with van der Waals surface area (Å²) < 4.78 is 0. The molecule has 0 bridgehead atoms. The van der Waals surface area contributed by atoms with Crippen LogP contribution in [0.1, 0.15) is 43.5 Å². The van der Waals surface area contributed by atoms with E-state index in [1.165, 1.54) is 4.88 Å². The number of nitrogens with zero attached hydrogens (tertiary/aromatic N) is 1. The molecular formula is C14H21NO2S. The van der Waals surface area contributed by atoms with Gasteiger partial charge < -0.3 is 5.11 Å². The van der Waals surface area contributed by atoms with Crippen LogP contribution in [0.25, 0.3) is 0 Å². The molecular weight excluding hydrogens is 246 g/mol. The maximum absolute atomic E-state index is 10.7. The molecule has 0 amide bonds. The zero-order valence-electron chi connectivity index (χ0n) is 10.8. The Hall–Kier alpha value is -0.870. The van der Waals surface area contributed by atoms with Crippen LogP contribution in [-0.4, -0.2) is 29.1 Å². The van der Waals surface area contributed by atoms with Gasteiger partial charge in [0.1, 0.15) is 0 Å². The first-order chi connectivity index (χ1) is 8.70. The van der Waals surface area contributed by atoms with E-state index in [0.717, 1.165) is 32.4 Å². The number of carbonyl (C=O) groups is 1. The van der Waals surface area contributed by atoms with Gasteiger partial charge in [-0.1, -0.05) is 13.0 Å². The molecule has 0 aliphatic carbocycles. The zero-order chi connectivity index (χ0) is 13.0. The van der Waals surface area contributed by atoms with Crippen LogP contribution in [0, 0.1) is 5.92 Å². The molecule has 100 valence electrons. The third-order valence-electron chi connectivity index (χ3n) is 3.81. The smallest absolute Gasteiger partial charge is 0.303 e. The Balaban J connectivity index is 1.90. The van der Waals surface area contributed by atoms with E-state index < -0.39 is 5.97 Å². The van der Waals surface area contributed by atoms with Crippen molar-refractivity contribution in [2.45, 2.75) is 38.6 Å². The predicted molar refractivity (Wildman–Crippen MR) is 73.9 cm³/mol. The highest BCUT2D eigenvalue weighted by Crippen LogP contribution is 2.32. The lowest BCUT2D eigenvalue weighted by Gasteiger charge is -2.36. The van der Waals surface area contributed by atoms with Gasteiger partial charge in [-0.3, -0.25) is 9.69 Å².